The molecule has 0 bridgehead atoms. The number of nitrogens with two attached hydrogens (primary N) is 1. The van der Waals surface area contributed by atoms with Crippen LogP contribution in [0.4, 0.5) is 0 Å². The summed E-state index contributed by atoms with van der Waals surface area (Å²) in [6.45, 7) is -0.137. The van der Waals surface area contributed by atoms with E-state index in [0.717, 1.165) is 22.9 Å². The minimum atomic E-state index is -0.329. The zero-order valence-corrected chi connectivity index (χ0v) is 13.2. The molecule has 0 saturated heterocycles. The van der Waals surface area contributed by atoms with Crippen LogP contribution in [0.1, 0.15) is 23.6 Å². The van der Waals surface area contributed by atoms with Crippen LogP contribution in [0.2, 0.25) is 0 Å². The number of benzene rings is 1. The molecule has 0 fully saturated rings. The van der Waals surface area contributed by atoms with Gasteiger partial charge in [0.25, 0.3) is 0 Å². The summed E-state index contributed by atoms with van der Waals surface area (Å²) in [5.74, 6) is -0.524. The molecule has 1 aliphatic rings. The molecule has 7 heteroatoms. The average Bonchev–Trinajstić information content (AvgIpc) is 2.81. The van der Waals surface area contributed by atoms with Crippen LogP contribution >= 0.6 is 28.3 Å². The Kier molecular flexibility index (Phi) is 6.45. The predicted molar refractivity (Wildman–Crippen MR) is 82.7 cm³/mol. The molecule has 4 N–H and O–H groups in total. The molecular formula is C13H17BrClN3O2. The molecule has 0 spiro atoms. The van der Waals surface area contributed by atoms with Gasteiger partial charge in [-0.1, -0.05) is 28.1 Å². The molecule has 2 rings (SSSR count). The molecule has 110 valence electrons. The van der Waals surface area contributed by atoms with Crippen LogP contribution in [0.5, 0.6) is 0 Å². The second-order valence-corrected chi connectivity index (χ2v) is 5.30. The fourth-order valence-electron chi connectivity index (χ4n) is 2.26. The largest absolute Gasteiger partial charge is 0.348 e. The summed E-state index contributed by atoms with van der Waals surface area (Å²) in [5.41, 5.74) is 7.55. The van der Waals surface area contributed by atoms with Crippen LogP contribution in [-0.4, -0.2) is 24.9 Å². The van der Waals surface area contributed by atoms with E-state index in [-0.39, 0.29) is 43.4 Å². The van der Waals surface area contributed by atoms with E-state index in [1.165, 1.54) is 5.56 Å². The van der Waals surface area contributed by atoms with Gasteiger partial charge in [0, 0.05) is 4.47 Å². The maximum Gasteiger partial charge on any atom is 0.239 e. The van der Waals surface area contributed by atoms with Crippen molar-refractivity contribution in [2.45, 2.75) is 18.9 Å². The van der Waals surface area contributed by atoms with Crippen LogP contribution in [-0.2, 0) is 16.0 Å². The lowest BCUT2D eigenvalue weighted by Gasteiger charge is -2.14. The van der Waals surface area contributed by atoms with Crippen molar-refractivity contribution in [3.8, 4) is 0 Å². The molecule has 0 aromatic heterocycles. The molecular weight excluding hydrogens is 346 g/mol. The molecule has 1 atom stereocenters. The fraction of sp³-hybridized carbons (Fsp3) is 0.385. The van der Waals surface area contributed by atoms with Crippen molar-refractivity contribution in [2.24, 2.45) is 5.73 Å². The van der Waals surface area contributed by atoms with E-state index in [9.17, 15) is 9.59 Å². The summed E-state index contributed by atoms with van der Waals surface area (Å²) >= 11 is 3.52. The second-order valence-electron chi connectivity index (χ2n) is 4.45. The maximum atomic E-state index is 11.7. The normalized spacial score (nSPS) is 16.0. The van der Waals surface area contributed by atoms with Crippen molar-refractivity contribution in [3.63, 3.8) is 0 Å². The number of halogens is 2. The predicted octanol–water partition coefficient (Wildman–Crippen LogP) is 1.05. The minimum Gasteiger partial charge on any atom is -0.348 e. The average molecular weight is 363 g/mol. The van der Waals surface area contributed by atoms with Gasteiger partial charge in [-0.2, -0.15) is 0 Å². The number of rotatable bonds is 4. The topological polar surface area (TPSA) is 84.2 Å². The number of hydrogen-bond acceptors (Lipinski definition) is 3. The summed E-state index contributed by atoms with van der Waals surface area (Å²) in [4.78, 5) is 22.7. The highest BCUT2D eigenvalue weighted by Crippen LogP contribution is 2.35. The van der Waals surface area contributed by atoms with Crippen molar-refractivity contribution < 1.29 is 9.59 Å². The molecule has 20 heavy (non-hydrogen) atoms. The molecule has 1 aromatic rings. The van der Waals surface area contributed by atoms with Crippen LogP contribution in [0, 0.1) is 0 Å². The Morgan fingerprint density at radius 2 is 2.10 bits per heavy atom. The minimum absolute atomic E-state index is 0. The van der Waals surface area contributed by atoms with Crippen LogP contribution in [0.15, 0.2) is 22.7 Å². The number of carbonyl (C=O) groups is 2. The first kappa shape index (κ1) is 16.9. The number of amides is 2. The van der Waals surface area contributed by atoms with Crippen molar-refractivity contribution in [1.82, 2.24) is 10.6 Å². The third-order valence-corrected chi connectivity index (χ3v) is 3.92. The Hall–Kier alpha value is -1.11. The summed E-state index contributed by atoms with van der Waals surface area (Å²) in [5, 5.41) is 5.38. The molecule has 5 nitrogen and oxygen atoms in total. The zero-order valence-electron chi connectivity index (χ0n) is 10.8. The Morgan fingerprint density at radius 1 is 1.35 bits per heavy atom. The van der Waals surface area contributed by atoms with E-state index < -0.39 is 0 Å². The molecule has 2 amide bonds. The first-order chi connectivity index (χ1) is 9.11. The highest BCUT2D eigenvalue weighted by Gasteiger charge is 2.25. The fourth-order valence-corrected chi connectivity index (χ4v) is 2.84. The smallest absolute Gasteiger partial charge is 0.239 e. The molecule has 0 heterocycles. The van der Waals surface area contributed by atoms with Crippen molar-refractivity contribution in [2.75, 3.05) is 13.1 Å². The van der Waals surface area contributed by atoms with Crippen molar-refractivity contribution >= 4 is 40.2 Å². The van der Waals surface area contributed by atoms with Crippen LogP contribution < -0.4 is 16.4 Å². The maximum absolute atomic E-state index is 11.7. The van der Waals surface area contributed by atoms with Gasteiger partial charge in [0.05, 0.1) is 19.1 Å². The van der Waals surface area contributed by atoms with Gasteiger partial charge in [0.15, 0.2) is 0 Å². The van der Waals surface area contributed by atoms with Gasteiger partial charge in [0.2, 0.25) is 11.8 Å². The highest BCUT2D eigenvalue weighted by atomic mass is 79.9. The molecule has 0 radical (unpaired) electrons. The van der Waals surface area contributed by atoms with Gasteiger partial charge in [-0.3, -0.25) is 9.59 Å². The summed E-state index contributed by atoms with van der Waals surface area (Å²) in [7, 11) is 0. The van der Waals surface area contributed by atoms with Crippen LogP contribution in [0.3, 0.4) is 0 Å². The van der Waals surface area contributed by atoms with Gasteiger partial charge in [-0.15, -0.1) is 12.4 Å². The quantitative estimate of drug-likeness (QED) is 0.748. The molecule has 1 aliphatic carbocycles. The lowest BCUT2D eigenvalue weighted by molar-refractivity contribution is -0.125. The van der Waals surface area contributed by atoms with Gasteiger partial charge in [-0.25, -0.2) is 0 Å². The van der Waals surface area contributed by atoms with E-state index in [0.29, 0.717) is 0 Å². The first-order valence-electron chi connectivity index (χ1n) is 6.15. The third kappa shape index (κ3) is 3.94. The van der Waals surface area contributed by atoms with Crippen molar-refractivity contribution in [3.05, 3.63) is 33.8 Å². The monoisotopic (exact) mass is 361 g/mol. The third-order valence-electron chi connectivity index (χ3n) is 3.18. The molecule has 0 aliphatic heterocycles. The second kappa shape index (κ2) is 7.61. The summed E-state index contributed by atoms with van der Waals surface area (Å²) in [6.07, 6.45) is 1.82. The van der Waals surface area contributed by atoms with Crippen molar-refractivity contribution in [1.29, 1.82) is 0 Å². The molecule has 1 unspecified atom stereocenters. The van der Waals surface area contributed by atoms with E-state index in [1.807, 2.05) is 18.2 Å². The Morgan fingerprint density at radius 3 is 2.80 bits per heavy atom. The van der Waals surface area contributed by atoms with Gasteiger partial charge in [-0.05, 0) is 30.0 Å². The Labute approximate surface area is 132 Å². The first-order valence-corrected chi connectivity index (χ1v) is 6.94. The van der Waals surface area contributed by atoms with E-state index in [1.54, 1.807) is 0 Å². The summed E-state index contributed by atoms with van der Waals surface area (Å²) < 4.78 is 1.08. The van der Waals surface area contributed by atoms with Gasteiger partial charge >= 0.3 is 0 Å². The number of carbonyl (C=O) groups excluding carboxylic acids is 2. The molecule has 1 aromatic carbocycles. The van der Waals surface area contributed by atoms with E-state index in [2.05, 4.69) is 26.6 Å². The van der Waals surface area contributed by atoms with Gasteiger partial charge < -0.3 is 16.4 Å². The zero-order chi connectivity index (χ0) is 13.8. The van der Waals surface area contributed by atoms with Crippen LogP contribution in [0.25, 0.3) is 0 Å². The van der Waals surface area contributed by atoms with E-state index >= 15 is 0 Å². The standard InChI is InChI=1S/C13H16BrN3O2.ClH/c14-10-3-1-2-9-8(10)4-5-11(9)17-13(19)7-16-12(18)6-15;/h1-3,11H,4-7,15H2,(H,16,18)(H,17,19);1H. The van der Waals surface area contributed by atoms with Gasteiger partial charge in [0.1, 0.15) is 0 Å². The molecule has 0 saturated carbocycles. The lowest BCUT2D eigenvalue weighted by atomic mass is 10.1. The number of fused-ring (bicyclic) bond motifs is 1. The SMILES string of the molecule is Cl.NCC(=O)NCC(=O)NC1CCc2c(Br)cccc21. The van der Waals surface area contributed by atoms with E-state index in [4.69, 9.17) is 5.73 Å². The Balaban J connectivity index is 0.00000200. The number of nitrogens with one attached hydrogen (secondary N) is 2. The Bertz CT molecular complexity index is 510. The highest BCUT2D eigenvalue weighted by molar-refractivity contribution is 9.10. The summed E-state index contributed by atoms with van der Waals surface area (Å²) in [6, 6.07) is 6.01. The number of hydrogen-bond donors (Lipinski definition) is 3. The lowest BCUT2D eigenvalue weighted by Crippen LogP contribution is -2.40.